The summed E-state index contributed by atoms with van der Waals surface area (Å²) in [6.07, 6.45) is 1.25. The number of thioether (sulfide) groups is 1. The van der Waals surface area contributed by atoms with Crippen molar-refractivity contribution in [2.45, 2.75) is 30.4 Å². The van der Waals surface area contributed by atoms with Crippen LogP contribution in [0.2, 0.25) is 0 Å². The van der Waals surface area contributed by atoms with Gasteiger partial charge in [0.05, 0.1) is 0 Å². The van der Waals surface area contributed by atoms with Crippen molar-refractivity contribution < 1.29 is 0 Å². The van der Waals surface area contributed by atoms with Gasteiger partial charge in [-0.25, -0.2) is 0 Å². The number of rotatable bonds is 0. The van der Waals surface area contributed by atoms with E-state index in [1.807, 2.05) is 11.8 Å². The highest BCUT2D eigenvalue weighted by molar-refractivity contribution is 8.00. The summed E-state index contributed by atoms with van der Waals surface area (Å²) in [5.74, 6) is 0. The Hall–Kier alpha value is -0.630. The van der Waals surface area contributed by atoms with Gasteiger partial charge in [-0.2, -0.15) is 0 Å². The van der Waals surface area contributed by atoms with E-state index < -0.39 is 0 Å². The smallest absolute Gasteiger partial charge is 0.0481 e. The minimum absolute atomic E-state index is 0.731. The molecule has 0 saturated heterocycles. The van der Waals surface area contributed by atoms with Gasteiger partial charge in [0.25, 0.3) is 0 Å². The molecule has 1 aliphatic heterocycles. The van der Waals surface area contributed by atoms with Crippen LogP contribution in [0, 0.1) is 6.92 Å². The molecule has 70 valence electrons. The summed E-state index contributed by atoms with van der Waals surface area (Å²) < 4.78 is 0. The van der Waals surface area contributed by atoms with Crippen LogP contribution in [0.1, 0.15) is 18.9 Å². The molecule has 0 saturated carbocycles. The number of benzene rings is 1. The highest BCUT2D eigenvalue weighted by Gasteiger charge is 2.14. The van der Waals surface area contributed by atoms with E-state index in [9.17, 15) is 0 Å². The molecule has 1 aromatic carbocycles. The van der Waals surface area contributed by atoms with E-state index in [-0.39, 0.29) is 0 Å². The number of aryl methyl sites for hydroxylation is 1. The third-order valence-electron chi connectivity index (χ3n) is 2.40. The van der Waals surface area contributed by atoms with Crippen molar-refractivity contribution in [3.05, 3.63) is 23.8 Å². The van der Waals surface area contributed by atoms with E-state index in [1.165, 1.54) is 22.6 Å². The van der Waals surface area contributed by atoms with E-state index in [0.29, 0.717) is 0 Å². The number of nitrogens with one attached hydrogen (secondary N) is 1. The fourth-order valence-corrected chi connectivity index (χ4v) is 2.78. The SMILES string of the molecule is Cc1cccc2c1SC(C)CCN2. The predicted molar refractivity (Wildman–Crippen MR) is 59.6 cm³/mol. The normalized spacial score (nSPS) is 21.5. The third-order valence-corrected chi connectivity index (χ3v) is 3.81. The fourth-order valence-electron chi connectivity index (χ4n) is 1.62. The Kier molecular flexibility index (Phi) is 2.49. The second kappa shape index (κ2) is 3.62. The van der Waals surface area contributed by atoms with Crippen molar-refractivity contribution in [2.24, 2.45) is 0 Å². The monoisotopic (exact) mass is 193 g/mol. The van der Waals surface area contributed by atoms with Crippen LogP contribution in [-0.2, 0) is 0 Å². The third kappa shape index (κ3) is 1.83. The van der Waals surface area contributed by atoms with Crippen molar-refractivity contribution in [1.29, 1.82) is 0 Å². The molecule has 2 rings (SSSR count). The molecule has 1 N–H and O–H groups in total. The van der Waals surface area contributed by atoms with Gasteiger partial charge in [0.1, 0.15) is 0 Å². The number of hydrogen-bond acceptors (Lipinski definition) is 2. The number of hydrogen-bond donors (Lipinski definition) is 1. The molecule has 1 unspecified atom stereocenters. The van der Waals surface area contributed by atoms with Crippen molar-refractivity contribution in [2.75, 3.05) is 11.9 Å². The van der Waals surface area contributed by atoms with Gasteiger partial charge >= 0.3 is 0 Å². The van der Waals surface area contributed by atoms with Crippen LogP contribution >= 0.6 is 11.8 Å². The standard InChI is InChI=1S/C11H15NS/c1-8-4-3-5-10-11(8)13-9(2)6-7-12-10/h3-5,9,12H,6-7H2,1-2H3. The summed E-state index contributed by atoms with van der Waals surface area (Å²) >= 11 is 2.00. The summed E-state index contributed by atoms with van der Waals surface area (Å²) in [6, 6.07) is 6.48. The average Bonchev–Trinajstić information content (AvgIpc) is 2.28. The Bertz CT molecular complexity index is 309. The molecule has 1 nitrogen and oxygen atoms in total. The van der Waals surface area contributed by atoms with Crippen LogP contribution in [0.5, 0.6) is 0 Å². The summed E-state index contributed by atoms with van der Waals surface area (Å²) in [5, 5.41) is 4.21. The van der Waals surface area contributed by atoms with Crippen LogP contribution < -0.4 is 5.32 Å². The van der Waals surface area contributed by atoms with E-state index in [4.69, 9.17) is 0 Å². The Morgan fingerprint density at radius 3 is 3.15 bits per heavy atom. The summed E-state index contributed by atoms with van der Waals surface area (Å²) in [5.41, 5.74) is 2.71. The molecule has 0 spiro atoms. The largest absolute Gasteiger partial charge is 0.384 e. The van der Waals surface area contributed by atoms with Gasteiger partial charge in [-0.1, -0.05) is 19.1 Å². The van der Waals surface area contributed by atoms with E-state index >= 15 is 0 Å². The quantitative estimate of drug-likeness (QED) is 0.678. The lowest BCUT2D eigenvalue weighted by Crippen LogP contribution is -2.03. The zero-order valence-electron chi connectivity index (χ0n) is 8.13. The number of fused-ring (bicyclic) bond motifs is 1. The molecule has 1 atom stereocenters. The van der Waals surface area contributed by atoms with Gasteiger partial charge in [0.15, 0.2) is 0 Å². The number of anilines is 1. The first-order valence-corrected chi connectivity index (χ1v) is 5.65. The molecule has 0 amide bonds. The zero-order chi connectivity index (χ0) is 9.26. The lowest BCUT2D eigenvalue weighted by molar-refractivity contribution is 0.860. The molecule has 0 aliphatic carbocycles. The van der Waals surface area contributed by atoms with Crippen molar-refractivity contribution in [3.8, 4) is 0 Å². The topological polar surface area (TPSA) is 12.0 Å². The lowest BCUT2D eigenvalue weighted by Gasteiger charge is -2.10. The maximum absolute atomic E-state index is 3.48. The second-order valence-electron chi connectivity index (χ2n) is 3.60. The first-order chi connectivity index (χ1) is 6.27. The Labute approximate surface area is 83.9 Å². The summed E-state index contributed by atoms with van der Waals surface area (Å²) in [4.78, 5) is 1.44. The molecule has 0 radical (unpaired) electrons. The predicted octanol–water partition coefficient (Wildman–Crippen LogP) is 3.29. The van der Waals surface area contributed by atoms with E-state index in [2.05, 4.69) is 37.4 Å². The Balaban J connectivity index is 2.40. The molecule has 1 aromatic rings. The maximum Gasteiger partial charge on any atom is 0.0481 e. The van der Waals surface area contributed by atoms with Crippen LogP contribution in [0.25, 0.3) is 0 Å². The molecule has 0 fully saturated rings. The van der Waals surface area contributed by atoms with E-state index in [0.717, 1.165) is 11.8 Å². The lowest BCUT2D eigenvalue weighted by atomic mass is 10.2. The van der Waals surface area contributed by atoms with Crippen molar-refractivity contribution in [1.82, 2.24) is 0 Å². The Morgan fingerprint density at radius 1 is 1.46 bits per heavy atom. The second-order valence-corrected chi connectivity index (χ2v) is 5.04. The first-order valence-electron chi connectivity index (χ1n) is 4.77. The van der Waals surface area contributed by atoms with Crippen LogP contribution in [-0.4, -0.2) is 11.8 Å². The highest BCUT2D eigenvalue weighted by Crippen LogP contribution is 2.36. The molecular formula is C11H15NS. The summed E-state index contributed by atoms with van der Waals surface area (Å²) in [7, 11) is 0. The van der Waals surface area contributed by atoms with Gasteiger partial charge in [-0.3, -0.25) is 0 Å². The van der Waals surface area contributed by atoms with Crippen LogP contribution in [0.4, 0.5) is 5.69 Å². The maximum atomic E-state index is 3.48. The van der Waals surface area contributed by atoms with Crippen molar-refractivity contribution >= 4 is 17.4 Å². The first kappa shape index (κ1) is 8.95. The minimum atomic E-state index is 0.731. The molecule has 1 heterocycles. The van der Waals surface area contributed by atoms with Gasteiger partial charge < -0.3 is 5.32 Å². The average molecular weight is 193 g/mol. The van der Waals surface area contributed by atoms with Crippen LogP contribution in [0.3, 0.4) is 0 Å². The zero-order valence-corrected chi connectivity index (χ0v) is 8.95. The van der Waals surface area contributed by atoms with Gasteiger partial charge in [0, 0.05) is 22.4 Å². The molecule has 0 bridgehead atoms. The van der Waals surface area contributed by atoms with Gasteiger partial charge in [-0.05, 0) is 25.0 Å². The van der Waals surface area contributed by atoms with Gasteiger partial charge in [0.2, 0.25) is 0 Å². The fraction of sp³-hybridized carbons (Fsp3) is 0.455. The minimum Gasteiger partial charge on any atom is -0.384 e. The highest BCUT2D eigenvalue weighted by atomic mass is 32.2. The van der Waals surface area contributed by atoms with Gasteiger partial charge in [-0.15, -0.1) is 11.8 Å². The molecular weight excluding hydrogens is 178 g/mol. The van der Waals surface area contributed by atoms with E-state index in [1.54, 1.807) is 0 Å². The Morgan fingerprint density at radius 2 is 2.31 bits per heavy atom. The molecule has 13 heavy (non-hydrogen) atoms. The van der Waals surface area contributed by atoms with Crippen LogP contribution in [0.15, 0.2) is 23.1 Å². The molecule has 0 aromatic heterocycles. The molecule has 1 aliphatic rings. The summed E-state index contributed by atoms with van der Waals surface area (Å²) in [6.45, 7) is 5.59. The van der Waals surface area contributed by atoms with Crippen molar-refractivity contribution in [3.63, 3.8) is 0 Å². The molecule has 2 heteroatoms.